The van der Waals surface area contributed by atoms with E-state index in [0.29, 0.717) is 135 Å². The largest absolute Gasteiger partial charge is 0.737 e. The highest BCUT2D eigenvalue weighted by Crippen LogP contribution is 2.34. The Morgan fingerprint density at radius 2 is 1.27 bits per heavy atom. The number of nitrogens with one attached hydrogen (secondary N) is 1. The summed E-state index contributed by atoms with van der Waals surface area (Å²) in [5.74, 6) is 2.17. The maximum Gasteiger partial charge on any atom is 0.737 e. The highest BCUT2D eigenvalue weighted by molar-refractivity contribution is 6.58. The Balaban J connectivity index is 1.06. The van der Waals surface area contributed by atoms with Gasteiger partial charge in [0.1, 0.15) is 12.3 Å². The lowest BCUT2D eigenvalue weighted by atomic mass is 9.90. The zero-order valence-corrected chi connectivity index (χ0v) is 28.2. The first kappa shape index (κ1) is 39.5. The van der Waals surface area contributed by atoms with Crippen molar-refractivity contribution >= 4 is 24.7 Å². The van der Waals surface area contributed by atoms with Crippen molar-refractivity contribution in [2.45, 2.75) is 26.7 Å². The predicted octanol–water partition coefficient (Wildman–Crippen LogP) is 2.37. The summed E-state index contributed by atoms with van der Waals surface area (Å²) in [5, 5.41) is 2.77. The minimum absolute atomic E-state index is 0.104. The summed E-state index contributed by atoms with van der Waals surface area (Å²) in [6.45, 7) is 6.88. The molecule has 1 aromatic rings. The highest BCUT2D eigenvalue weighted by atomic mass is 19.2. The number of amides is 1. The van der Waals surface area contributed by atoms with Gasteiger partial charge in [-0.15, -0.1) is 6.42 Å². The zero-order chi connectivity index (χ0) is 34.5. The Morgan fingerprint density at radius 3 is 1.77 bits per heavy atom. The van der Waals surface area contributed by atoms with Crippen molar-refractivity contribution in [2.24, 2.45) is 0 Å². The molecule has 3 rings (SSSR count). The fourth-order valence-corrected chi connectivity index (χ4v) is 5.16. The molecule has 0 bridgehead atoms. The van der Waals surface area contributed by atoms with Gasteiger partial charge in [0, 0.05) is 43.3 Å². The van der Waals surface area contributed by atoms with E-state index in [0.717, 1.165) is 14.5 Å². The van der Waals surface area contributed by atoms with Gasteiger partial charge in [-0.05, 0) is 31.2 Å². The number of carbonyl (C=O) groups is 1. The zero-order valence-electron chi connectivity index (χ0n) is 28.2. The Bertz CT molecular complexity index is 1260. The van der Waals surface area contributed by atoms with Gasteiger partial charge in [-0.2, -0.15) is 0 Å². The summed E-state index contributed by atoms with van der Waals surface area (Å²) in [6, 6.07) is 1.77. The topological polar surface area (TPSA) is 111 Å². The maximum atomic E-state index is 15.5. The predicted molar refractivity (Wildman–Crippen MR) is 177 cm³/mol. The van der Waals surface area contributed by atoms with Crippen LogP contribution in [0.4, 0.5) is 8.63 Å². The third-order valence-corrected chi connectivity index (χ3v) is 7.38. The monoisotopic (exact) mass is 681 g/mol. The molecule has 0 atom stereocenters. The van der Waals surface area contributed by atoms with E-state index in [1.54, 1.807) is 31.2 Å². The fraction of sp³-hybridized carbons (Fsp3) is 0.636. The van der Waals surface area contributed by atoms with Crippen molar-refractivity contribution in [2.75, 3.05) is 112 Å². The molecule has 268 valence electrons. The number of carbonyl (C=O) groups excluding carboxylic acids is 1. The van der Waals surface area contributed by atoms with E-state index in [2.05, 4.69) is 11.2 Å². The average molecular weight is 682 g/mol. The summed E-state index contributed by atoms with van der Waals surface area (Å²) in [7, 11) is 0. The van der Waals surface area contributed by atoms with Crippen molar-refractivity contribution in [3.8, 4) is 12.3 Å². The first-order chi connectivity index (χ1) is 23.4. The Morgan fingerprint density at radius 1 is 0.792 bits per heavy atom. The molecule has 15 heteroatoms. The second-order valence-electron chi connectivity index (χ2n) is 11.0. The van der Waals surface area contributed by atoms with Gasteiger partial charge in [-0.3, -0.25) is 4.79 Å². The second-order valence-corrected chi connectivity index (χ2v) is 11.0. The molecular weight excluding hydrogens is 631 g/mol. The molecule has 12 nitrogen and oxygen atoms in total. The number of hydrogen-bond acceptors (Lipinski definition) is 9. The van der Waals surface area contributed by atoms with Crippen LogP contribution in [0.3, 0.4) is 0 Å². The van der Waals surface area contributed by atoms with Crippen LogP contribution in [0, 0.1) is 26.2 Å². The molecule has 2 aliphatic heterocycles. The lowest BCUT2D eigenvalue weighted by Crippen LogP contribution is -2.50. The minimum atomic E-state index is -4.03. The number of rotatable bonds is 28. The van der Waals surface area contributed by atoms with E-state index in [1.165, 1.54) is 0 Å². The lowest BCUT2D eigenvalue weighted by Gasteiger charge is -2.30. The summed E-state index contributed by atoms with van der Waals surface area (Å²) in [4.78, 5) is 12.3. The van der Waals surface area contributed by atoms with Gasteiger partial charge in [0.2, 0.25) is 5.91 Å². The van der Waals surface area contributed by atoms with Crippen LogP contribution in [0.5, 0.6) is 0 Å². The number of terminal acetylenes is 1. The molecule has 48 heavy (non-hydrogen) atoms. The number of allylic oxidation sites excluding steroid dienone is 2. The van der Waals surface area contributed by atoms with Crippen LogP contribution in [0.15, 0.2) is 23.9 Å². The van der Waals surface area contributed by atoms with E-state index in [9.17, 15) is 4.79 Å². The van der Waals surface area contributed by atoms with Crippen LogP contribution in [0.1, 0.15) is 29.8 Å². The summed E-state index contributed by atoms with van der Waals surface area (Å²) in [5.41, 5.74) is 2.75. The van der Waals surface area contributed by atoms with Gasteiger partial charge < -0.3 is 60.8 Å². The van der Waals surface area contributed by atoms with Gasteiger partial charge in [0.05, 0.1) is 99.1 Å². The van der Waals surface area contributed by atoms with Crippen molar-refractivity contribution < 1.29 is 55.8 Å². The first-order valence-electron chi connectivity index (χ1n) is 16.4. The average Bonchev–Trinajstić information content (AvgIpc) is 3.62. The van der Waals surface area contributed by atoms with Gasteiger partial charge in [0.25, 0.3) is 0 Å². The van der Waals surface area contributed by atoms with Crippen LogP contribution in [-0.2, 0) is 42.7 Å². The lowest BCUT2D eigenvalue weighted by molar-refractivity contribution is -0.362. The van der Waals surface area contributed by atoms with Crippen LogP contribution in [-0.4, -0.2) is 140 Å². The van der Waals surface area contributed by atoms with Gasteiger partial charge >= 0.3 is 6.97 Å². The fourth-order valence-electron chi connectivity index (χ4n) is 5.16. The minimum Gasteiger partial charge on any atom is -0.394 e. The van der Waals surface area contributed by atoms with Crippen molar-refractivity contribution in [1.29, 1.82) is 0 Å². The number of aromatic nitrogens is 1. The molecular formula is C33H50BF2N3O9. The Hall–Kier alpha value is -2.94. The molecule has 0 aromatic carbocycles. The van der Waals surface area contributed by atoms with Crippen molar-refractivity contribution in [3.63, 3.8) is 0 Å². The third-order valence-electron chi connectivity index (χ3n) is 7.38. The van der Waals surface area contributed by atoms with Crippen molar-refractivity contribution in [3.05, 3.63) is 40.9 Å². The molecule has 1 N–H and O–H groups in total. The summed E-state index contributed by atoms with van der Waals surface area (Å²) in [6.07, 6.45) is 10.5. The number of nitrogens with zero attached hydrogens (tertiary/aromatic N) is 2. The molecule has 0 aliphatic carbocycles. The van der Waals surface area contributed by atoms with Crippen LogP contribution in [0.2, 0.25) is 0 Å². The van der Waals surface area contributed by atoms with E-state index >= 15 is 8.63 Å². The van der Waals surface area contributed by atoms with E-state index in [1.807, 2.05) is 6.92 Å². The molecule has 0 radical (unpaired) electrons. The molecule has 3 heterocycles. The molecule has 0 unspecified atom stereocenters. The van der Waals surface area contributed by atoms with Gasteiger partial charge in [0.15, 0.2) is 5.70 Å². The first-order valence-corrected chi connectivity index (χ1v) is 16.4. The Labute approximate surface area is 282 Å². The van der Waals surface area contributed by atoms with E-state index in [-0.39, 0.29) is 18.7 Å². The number of ether oxygens (including phenoxy) is 8. The smallest absolute Gasteiger partial charge is 0.394 e. The standard InChI is InChI=1S/C33H50BF2N3O9/c1-4-10-41-12-14-43-16-18-45-20-22-47-24-25-48-23-21-46-19-17-44-15-13-42-11-9-37-33(40)8-7-30-5-6-31-27-32-28(2)26-29(3)38(32)34(35,36)39(30)31/h1,5-6,26-27H,7-25H2,2-3H3,(H,37,40). The second kappa shape index (κ2) is 22.7. The molecule has 0 fully saturated rings. The number of halogens is 2. The number of fused-ring (bicyclic) bond motifs is 2. The van der Waals surface area contributed by atoms with E-state index in [4.69, 9.17) is 44.3 Å². The number of hydrogen-bond donors (Lipinski definition) is 1. The normalized spacial score (nSPS) is 14.6. The third kappa shape index (κ3) is 13.5. The molecule has 2 aliphatic rings. The molecule has 1 amide bonds. The summed E-state index contributed by atoms with van der Waals surface area (Å²) < 4.78 is 76.3. The summed E-state index contributed by atoms with van der Waals surface area (Å²) >= 11 is 0. The maximum absolute atomic E-state index is 15.5. The van der Waals surface area contributed by atoms with Gasteiger partial charge in [-0.1, -0.05) is 5.92 Å². The van der Waals surface area contributed by atoms with Crippen LogP contribution in [0.25, 0.3) is 6.08 Å². The quantitative estimate of drug-likeness (QED) is 0.0810. The number of aryl methyl sites for hydroxylation is 2. The molecule has 0 saturated carbocycles. The molecule has 0 spiro atoms. The molecule has 1 aromatic heterocycles. The van der Waals surface area contributed by atoms with E-state index < -0.39 is 6.97 Å². The van der Waals surface area contributed by atoms with Crippen molar-refractivity contribution in [1.82, 2.24) is 9.79 Å². The highest BCUT2D eigenvalue weighted by Gasteiger charge is 2.52. The van der Waals surface area contributed by atoms with Crippen LogP contribution < -0.4 is 5.32 Å². The SMILES string of the molecule is C#CCOCCOCCOCCOCCOCCOCCOCCOCCNC(=O)CCC1=[N+]2C(=Cc3c(C)cc(C)n3[B-]2(F)F)C=C1. The Kier molecular flexibility index (Phi) is 18.6. The molecule has 0 saturated heterocycles. The van der Waals surface area contributed by atoms with Crippen LogP contribution >= 0.6 is 0 Å². The van der Waals surface area contributed by atoms with Gasteiger partial charge in [-0.25, -0.2) is 0 Å².